The van der Waals surface area contributed by atoms with Crippen molar-refractivity contribution in [1.29, 1.82) is 0 Å². The highest BCUT2D eigenvalue weighted by Crippen LogP contribution is 2.15. The third kappa shape index (κ3) is 5.06. The molecule has 0 aromatic carbocycles. The summed E-state index contributed by atoms with van der Waals surface area (Å²) in [5.41, 5.74) is 0.975. The number of nitrogens with zero attached hydrogens (tertiary/aromatic N) is 2. The van der Waals surface area contributed by atoms with Crippen LogP contribution in [0.4, 0.5) is 5.82 Å². The Morgan fingerprint density at radius 3 is 2.90 bits per heavy atom. The van der Waals surface area contributed by atoms with Crippen molar-refractivity contribution in [2.75, 3.05) is 31.7 Å². The Labute approximate surface area is 121 Å². The number of aromatic nitrogens is 2. The monoisotopic (exact) mass is 279 g/mol. The smallest absolute Gasteiger partial charge is 0.156 e. The fourth-order valence-electron chi connectivity index (χ4n) is 2.27. The molecule has 5 heteroatoms. The Morgan fingerprint density at radius 2 is 2.15 bits per heavy atom. The van der Waals surface area contributed by atoms with Crippen LogP contribution in [0.3, 0.4) is 0 Å². The molecule has 5 nitrogen and oxygen atoms in total. The molecule has 0 aliphatic carbocycles. The van der Waals surface area contributed by atoms with Crippen molar-refractivity contribution in [1.82, 2.24) is 9.97 Å². The molecule has 0 amide bonds. The lowest BCUT2D eigenvalue weighted by Gasteiger charge is -2.21. The second-order valence-corrected chi connectivity index (χ2v) is 5.31. The first kappa shape index (κ1) is 15.2. The van der Waals surface area contributed by atoms with Crippen LogP contribution in [0.15, 0.2) is 6.07 Å². The summed E-state index contributed by atoms with van der Waals surface area (Å²) in [4.78, 5) is 8.91. The van der Waals surface area contributed by atoms with E-state index in [9.17, 15) is 0 Å². The molecule has 2 heterocycles. The number of aryl methyl sites for hydroxylation is 1. The van der Waals surface area contributed by atoms with E-state index in [4.69, 9.17) is 9.47 Å². The van der Waals surface area contributed by atoms with Crippen LogP contribution in [0.1, 0.15) is 37.7 Å². The summed E-state index contributed by atoms with van der Waals surface area (Å²) >= 11 is 0. The quantitative estimate of drug-likeness (QED) is 0.831. The van der Waals surface area contributed by atoms with Crippen molar-refractivity contribution in [2.24, 2.45) is 5.92 Å². The molecule has 1 aromatic rings. The summed E-state index contributed by atoms with van der Waals surface area (Å²) in [6.07, 6.45) is 3.27. The topological polar surface area (TPSA) is 56.3 Å². The van der Waals surface area contributed by atoms with Gasteiger partial charge in [0, 0.05) is 31.5 Å². The molecular weight excluding hydrogens is 254 g/mol. The maximum atomic E-state index is 5.77. The first-order chi connectivity index (χ1) is 9.78. The van der Waals surface area contributed by atoms with Crippen molar-refractivity contribution in [3.63, 3.8) is 0 Å². The number of rotatable bonds is 7. The third-order valence-corrected chi connectivity index (χ3v) is 3.38. The highest BCUT2D eigenvalue weighted by atomic mass is 16.5. The van der Waals surface area contributed by atoms with E-state index in [1.54, 1.807) is 0 Å². The largest absolute Gasteiger partial charge is 0.381 e. The number of anilines is 1. The molecule has 1 aliphatic heterocycles. The van der Waals surface area contributed by atoms with Crippen LogP contribution in [-0.2, 0) is 16.1 Å². The highest BCUT2D eigenvalue weighted by molar-refractivity contribution is 5.35. The zero-order valence-corrected chi connectivity index (χ0v) is 12.5. The van der Waals surface area contributed by atoms with Crippen LogP contribution in [0.2, 0.25) is 0 Å². The minimum Gasteiger partial charge on any atom is -0.381 e. The number of hydrogen-bond donors (Lipinski definition) is 1. The van der Waals surface area contributed by atoms with Gasteiger partial charge >= 0.3 is 0 Å². The summed E-state index contributed by atoms with van der Waals surface area (Å²) < 4.78 is 11.1. The summed E-state index contributed by atoms with van der Waals surface area (Å²) in [6.45, 7) is 8.04. The normalized spacial score (nSPS) is 16.3. The minimum atomic E-state index is 0.486. The second kappa shape index (κ2) is 8.17. The molecule has 1 aliphatic rings. The fourth-order valence-corrected chi connectivity index (χ4v) is 2.27. The van der Waals surface area contributed by atoms with Gasteiger partial charge in [-0.25, -0.2) is 9.97 Å². The first-order valence-corrected chi connectivity index (χ1v) is 7.52. The van der Waals surface area contributed by atoms with Crippen LogP contribution in [0.5, 0.6) is 0 Å². The molecule has 0 unspecified atom stereocenters. The first-order valence-electron chi connectivity index (χ1n) is 7.52. The molecule has 1 fully saturated rings. The molecule has 0 saturated carbocycles. The maximum absolute atomic E-state index is 5.77. The Balaban J connectivity index is 1.80. The molecule has 0 bridgehead atoms. The lowest BCUT2D eigenvalue weighted by Crippen LogP contribution is -2.20. The van der Waals surface area contributed by atoms with Crippen molar-refractivity contribution < 1.29 is 9.47 Å². The zero-order chi connectivity index (χ0) is 14.2. The summed E-state index contributed by atoms with van der Waals surface area (Å²) in [5, 5.41) is 3.29. The second-order valence-electron chi connectivity index (χ2n) is 5.31. The number of hydrogen-bond acceptors (Lipinski definition) is 5. The SMILES string of the molecule is CCCNc1cc(C)nc(COCC2CCOCC2)n1. The maximum Gasteiger partial charge on any atom is 0.156 e. The Hall–Kier alpha value is -1.20. The van der Waals surface area contributed by atoms with E-state index in [1.165, 1.54) is 0 Å². The van der Waals surface area contributed by atoms with E-state index in [2.05, 4.69) is 22.2 Å². The van der Waals surface area contributed by atoms with Crippen LogP contribution in [0, 0.1) is 12.8 Å². The molecule has 2 rings (SSSR count). The third-order valence-electron chi connectivity index (χ3n) is 3.38. The van der Waals surface area contributed by atoms with Gasteiger partial charge in [0.25, 0.3) is 0 Å². The number of ether oxygens (including phenoxy) is 2. The molecule has 20 heavy (non-hydrogen) atoms. The Morgan fingerprint density at radius 1 is 1.35 bits per heavy atom. The van der Waals surface area contributed by atoms with Crippen molar-refractivity contribution >= 4 is 5.82 Å². The van der Waals surface area contributed by atoms with Gasteiger partial charge in [-0.3, -0.25) is 0 Å². The average Bonchev–Trinajstić information content (AvgIpc) is 2.46. The average molecular weight is 279 g/mol. The summed E-state index contributed by atoms with van der Waals surface area (Å²) in [6, 6.07) is 1.97. The highest BCUT2D eigenvalue weighted by Gasteiger charge is 2.14. The van der Waals surface area contributed by atoms with E-state index < -0.39 is 0 Å². The van der Waals surface area contributed by atoms with Gasteiger partial charge in [-0.1, -0.05) is 6.92 Å². The van der Waals surface area contributed by atoms with Gasteiger partial charge in [0.15, 0.2) is 5.82 Å². The summed E-state index contributed by atoms with van der Waals surface area (Å²) in [7, 11) is 0. The predicted molar refractivity (Wildman–Crippen MR) is 78.7 cm³/mol. The lowest BCUT2D eigenvalue weighted by molar-refractivity contribution is 0.0142. The molecule has 0 atom stereocenters. The van der Waals surface area contributed by atoms with Gasteiger partial charge in [0.2, 0.25) is 0 Å². The molecule has 1 aromatic heterocycles. The van der Waals surface area contributed by atoms with Crippen molar-refractivity contribution in [2.45, 2.75) is 39.7 Å². The van der Waals surface area contributed by atoms with Crippen molar-refractivity contribution in [3.8, 4) is 0 Å². The van der Waals surface area contributed by atoms with Crippen LogP contribution >= 0.6 is 0 Å². The molecule has 1 N–H and O–H groups in total. The zero-order valence-electron chi connectivity index (χ0n) is 12.5. The lowest BCUT2D eigenvalue weighted by atomic mass is 10.0. The summed E-state index contributed by atoms with van der Waals surface area (Å²) in [5.74, 6) is 2.27. The van der Waals surface area contributed by atoms with E-state index in [-0.39, 0.29) is 0 Å². The van der Waals surface area contributed by atoms with Gasteiger partial charge in [0.1, 0.15) is 12.4 Å². The molecule has 1 saturated heterocycles. The van der Waals surface area contributed by atoms with Crippen LogP contribution in [0.25, 0.3) is 0 Å². The fraction of sp³-hybridized carbons (Fsp3) is 0.733. The van der Waals surface area contributed by atoms with Gasteiger partial charge < -0.3 is 14.8 Å². The van der Waals surface area contributed by atoms with Crippen molar-refractivity contribution in [3.05, 3.63) is 17.6 Å². The van der Waals surface area contributed by atoms with Crippen LogP contribution < -0.4 is 5.32 Å². The van der Waals surface area contributed by atoms with E-state index in [1.807, 2.05) is 13.0 Å². The standard InChI is InChI=1S/C15H25N3O2/c1-3-6-16-14-9-12(2)17-15(18-14)11-20-10-13-4-7-19-8-5-13/h9,13H,3-8,10-11H2,1-2H3,(H,16,17,18). The van der Waals surface area contributed by atoms with Gasteiger partial charge in [-0.15, -0.1) is 0 Å². The minimum absolute atomic E-state index is 0.486. The Bertz CT molecular complexity index is 406. The number of nitrogens with one attached hydrogen (secondary N) is 1. The molecule has 0 radical (unpaired) electrons. The molecule has 112 valence electrons. The van der Waals surface area contributed by atoms with E-state index in [0.29, 0.717) is 12.5 Å². The predicted octanol–water partition coefficient (Wildman–Crippen LogP) is 2.55. The van der Waals surface area contributed by atoms with Gasteiger partial charge in [-0.2, -0.15) is 0 Å². The van der Waals surface area contributed by atoms with E-state index >= 15 is 0 Å². The molecular formula is C15H25N3O2. The Kier molecular flexibility index (Phi) is 6.21. The van der Waals surface area contributed by atoms with Gasteiger partial charge in [0.05, 0.1) is 6.61 Å². The van der Waals surface area contributed by atoms with Crippen LogP contribution in [-0.4, -0.2) is 36.3 Å². The van der Waals surface area contributed by atoms with Gasteiger partial charge in [-0.05, 0) is 32.1 Å². The van der Waals surface area contributed by atoms with E-state index in [0.717, 1.165) is 63.0 Å². The molecule has 0 spiro atoms.